The Labute approximate surface area is 151 Å². The van der Waals surface area contributed by atoms with Gasteiger partial charge in [0.25, 0.3) is 0 Å². The van der Waals surface area contributed by atoms with Crippen LogP contribution < -0.4 is 10.6 Å². The molecule has 0 unspecified atom stereocenters. The molecule has 0 saturated carbocycles. The van der Waals surface area contributed by atoms with Crippen LogP contribution in [-0.4, -0.2) is 11.8 Å². The summed E-state index contributed by atoms with van der Waals surface area (Å²) in [6.45, 7) is 1.33. The first-order valence-corrected chi connectivity index (χ1v) is 8.39. The van der Waals surface area contributed by atoms with Crippen LogP contribution in [0.5, 0.6) is 0 Å². The first-order chi connectivity index (χ1) is 11.7. The molecule has 0 aliphatic carbocycles. The predicted molar refractivity (Wildman–Crippen MR) is 90.6 cm³/mol. The van der Waals surface area contributed by atoms with E-state index in [9.17, 15) is 22.8 Å². The summed E-state index contributed by atoms with van der Waals surface area (Å²) < 4.78 is 38.6. The zero-order valence-electron chi connectivity index (χ0n) is 13.0. The molecule has 2 amide bonds. The molecule has 4 nitrogen and oxygen atoms in total. The van der Waals surface area contributed by atoms with Crippen molar-refractivity contribution in [1.82, 2.24) is 5.32 Å². The Morgan fingerprint density at radius 1 is 1.28 bits per heavy atom. The van der Waals surface area contributed by atoms with Crippen molar-refractivity contribution in [3.63, 3.8) is 0 Å². The number of nitrogens with one attached hydrogen (secondary N) is 2. The van der Waals surface area contributed by atoms with Gasteiger partial charge < -0.3 is 10.6 Å². The second-order valence-electron chi connectivity index (χ2n) is 5.21. The largest absolute Gasteiger partial charge is 0.417 e. The van der Waals surface area contributed by atoms with Crippen molar-refractivity contribution in [2.45, 2.75) is 25.6 Å². The number of hydrogen-bond donors (Lipinski definition) is 2. The fraction of sp³-hybridized carbons (Fsp3) is 0.250. The van der Waals surface area contributed by atoms with Crippen LogP contribution in [0.2, 0.25) is 5.02 Å². The number of carbonyl (C=O) groups excluding carboxylic acids is 2. The van der Waals surface area contributed by atoms with Gasteiger partial charge in [-0.15, -0.1) is 11.3 Å². The first-order valence-electron chi connectivity index (χ1n) is 7.14. The lowest BCUT2D eigenvalue weighted by molar-refractivity contribution is -0.137. The number of amides is 2. The number of rotatable bonds is 5. The first kappa shape index (κ1) is 19.3. The van der Waals surface area contributed by atoms with Crippen LogP contribution in [0.15, 0.2) is 35.7 Å². The lowest BCUT2D eigenvalue weighted by Crippen LogP contribution is -2.29. The van der Waals surface area contributed by atoms with Crippen LogP contribution in [0, 0.1) is 0 Å². The van der Waals surface area contributed by atoms with Crippen molar-refractivity contribution >= 4 is 40.4 Å². The van der Waals surface area contributed by atoms with E-state index in [-0.39, 0.29) is 18.0 Å². The molecule has 134 valence electrons. The molecule has 0 spiro atoms. The fourth-order valence-corrected chi connectivity index (χ4v) is 3.18. The number of anilines is 1. The molecule has 0 bridgehead atoms. The van der Waals surface area contributed by atoms with E-state index in [2.05, 4.69) is 10.6 Å². The summed E-state index contributed by atoms with van der Waals surface area (Å²) >= 11 is 6.92. The number of hydrogen-bond acceptors (Lipinski definition) is 3. The average Bonchev–Trinajstić information content (AvgIpc) is 3.01. The Balaban J connectivity index is 2.12. The molecular formula is C16H14ClF3N2O2S. The lowest BCUT2D eigenvalue weighted by atomic mass is 10.1. The molecule has 0 radical (unpaired) electrons. The summed E-state index contributed by atoms with van der Waals surface area (Å²) in [7, 11) is 0. The highest BCUT2D eigenvalue weighted by Crippen LogP contribution is 2.36. The van der Waals surface area contributed by atoms with Gasteiger partial charge in [0.2, 0.25) is 11.8 Å². The third kappa shape index (κ3) is 5.47. The number of thiophene rings is 1. The van der Waals surface area contributed by atoms with E-state index in [1.807, 2.05) is 0 Å². The fourth-order valence-electron chi connectivity index (χ4n) is 2.18. The highest BCUT2D eigenvalue weighted by atomic mass is 35.5. The smallest absolute Gasteiger partial charge is 0.348 e. The zero-order valence-corrected chi connectivity index (χ0v) is 14.6. The maximum atomic E-state index is 12.9. The summed E-state index contributed by atoms with van der Waals surface area (Å²) in [4.78, 5) is 24.3. The van der Waals surface area contributed by atoms with Crippen LogP contribution in [0.25, 0.3) is 0 Å². The molecule has 1 atom stereocenters. The highest BCUT2D eigenvalue weighted by molar-refractivity contribution is 7.10. The molecule has 2 aromatic rings. The normalized spacial score (nSPS) is 12.5. The second kappa shape index (κ2) is 7.88. The van der Waals surface area contributed by atoms with Crippen molar-refractivity contribution in [1.29, 1.82) is 0 Å². The van der Waals surface area contributed by atoms with Gasteiger partial charge >= 0.3 is 6.18 Å². The molecule has 0 aliphatic heterocycles. The van der Waals surface area contributed by atoms with Crippen molar-refractivity contribution in [3.05, 3.63) is 51.2 Å². The molecule has 25 heavy (non-hydrogen) atoms. The minimum atomic E-state index is -4.62. The summed E-state index contributed by atoms with van der Waals surface area (Å²) in [5, 5.41) is 6.41. The molecule has 0 aliphatic rings. The topological polar surface area (TPSA) is 58.2 Å². The van der Waals surface area contributed by atoms with Crippen LogP contribution in [0.3, 0.4) is 0 Å². The number of carbonyl (C=O) groups is 2. The van der Waals surface area contributed by atoms with Gasteiger partial charge in [0, 0.05) is 17.5 Å². The number of benzene rings is 1. The van der Waals surface area contributed by atoms with Crippen molar-refractivity contribution in [3.8, 4) is 0 Å². The molecular weight excluding hydrogens is 377 g/mol. The Morgan fingerprint density at radius 3 is 2.56 bits per heavy atom. The molecule has 0 saturated heterocycles. The molecule has 0 fully saturated rings. The van der Waals surface area contributed by atoms with E-state index in [1.54, 1.807) is 17.5 Å². The summed E-state index contributed by atoms with van der Waals surface area (Å²) in [5.74, 6) is -0.834. The van der Waals surface area contributed by atoms with Crippen LogP contribution in [0.1, 0.15) is 29.8 Å². The lowest BCUT2D eigenvalue weighted by Gasteiger charge is -2.17. The van der Waals surface area contributed by atoms with Gasteiger partial charge in [-0.05, 0) is 29.6 Å². The number of halogens is 4. The van der Waals surface area contributed by atoms with Gasteiger partial charge in [-0.25, -0.2) is 0 Å². The summed E-state index contributed by atoms with van der Waals surface area (Å²) in [5.41, 5.74) is -1.04. The van der Waals surface area contributed by atoms with Gasteiger partial charge in [-0.1, -0.05) is 17.7 Å². The maximum Gasteiger partial charge on any atom is 0.417 e. The Morgan fingerprint density at radius 2 is 2.00 bits per heavy atom. The summed E-state index contributed by atoms with van der Waals surface area (Å²) in [6.07, 6.45) is -4.72. The molecule has 1 aromatic heterocycles. The minimum Gasteiger partial charge on any atom is -0.348 e. The van der Waals surface area contributed by atoms with E-state index < -0.39 is 28.7 Å². The van der Waals surface area contributed by atoms with Gasteiger partial charge in [-0.2, -0.15) is 13.2 Å². The SMILES string of the molecule is CC(=O)N[C@H](CC(=O)Nc1ccc(Cl)c(C(F)(F)F)c1)c1cccs1. The minimum absolute atomic E-state index is 0.0190. The average molecular weight is 391 g/mol. The predicted octanol–water partition coefficient (Wildman–Crippen LogP) is 4.63. The van der Waals surface area contributed by atoms with E-state index in [0.717, 1.165) is 17.0 Å². The number of alkyl halides is 3. The zero-order chi connectivity index (χ0) is 18.6. The van der Waals surface area contributed by atoms with E-state index in [4.69, 9.17) is 11.6 Å². The quantitative estimate of drug-likeness (QED) is 0.782. The molecule has 2 rings (SSSR count). The third-order valence-corrected chi connectivity index (χ3v) is 4.52. The molecule has 2 N–H and O–H groups in total. The monoisotopic (exact) mass is 390 g/mol. The van der Waals surface area contributed by atoms with E-state index in [1.165, 1.54) is 24.3 Å². The molecule has 1 aromatic carbocycles. The van der Waals surface area contributed by atoms with Crippen LogP contribution in [0.4, 0.5) is 18.9 Å². The molecule has 9 heteroatoms. The van der Waals surface area contributed by atoms with Crippen molar-refractivity contribution in [2.24, 2.45) is 0 Å². The van der Waals surface area contributed by atoms with Crippen molar-refractivity contribution in [2.75, 3.05) is 5.32 Å². The molecule has 1 heterocycles. The van der Waals surface area contributed by atoms with Crippen molar-refractivity contribution < 1.29 is 22.8 Å². The van der Waals surface area contributed by atoms with Gasteiger partial charge in [0.15, 0.2) is 0 Å². The maximum absolute atomic E-state index is 12.9. The Hall–Kier alpha value is -2.06. The van der Waals surface area contributed by atoms with Crippen LogP contribution in [-0.2, 0) is 15.8 Å². The third-order valence-electron chi connectivity index (χ3n) is 3.21. The van der Waals surface area contributed by atoms with E-state index >= 15 is 0 Å². The Kier molecular flexibility index (Phi) is 6.07. The van der Waals surface area contributed by atoms with Gasteiger partial charge in [0.05, 0.1) is 23.0 Å². The van der Waals surface area contributed by atoms with Gasteiger partial charge in [-0.3, -0.25) is 9.59 Å². The Bertz CT molecular complexity index is 763. The van der Waals surface area contributed by atoms with E-state index in [0.29, 0.717) is 0 Å². The summed E-state index contributed by atoms with van der Waals surface area (Å²) in [6, 6.07) is 6.13. The van der Waals surface area contributed by atoms with Crippen LogP contribution >= 0.6 is 22.9 Å². The highest BCUT2D eigenvalue weighted by Gasteiger charge is 2.33. The standard InChI is InChI=1S/C16H14ClF3N2O2S/c1-9(23)21-13(14-3-2-6-25-14)8-15(24)22-10-4-5-12(17)11(7-10)16(18,19)20/h2-7,13H,8H2,1H3,(H,21,23)(H,22,24)/t13-/m1/s1. The van der Waals surface area contributed by atoms with Gasteiger partial charge in [0.1, 0.15) is 0 Å². The second-order valence-corrected chi connectivity index (χ2v) is 6.60.